The van der Waals surface area contributed by atoms with Crippen molar-refractivity contribution in [2.75, 3.05) is 24.3 Å². The van der Waals surface area contributed by atoms with Crippen molar-refractivity contribution in [3.63, 3.8) is 0 Å². The molecule has 0 saturated heterocycles. The second-order valence-electron chi connectivity index (χ2n) is 4.84. The molecule has 1 N–H and O–H groups in total. The molecule has 0 unspecified atom stereocenters. The lowest BCUT2D eigenvalue weighted by atomic mass is 10.1. The molecule has 0 aliphatic heterocycles. The maximum Gasteiger partial charge on any atom is 0.140 e. The summed E-state index contributed by atoms with van der Waals surface area (Å²) in [6.07, 6.45) is 0. The summed E-state index contributed by atoms with van der Waals surface area (Å²) in [4.78, 5) is 2.01. The van der Waals surface area contributed by atoms with Gasteiger partial charge in [-0.1, -0.05) is 22.0 Å². The lowest BCUT2D eigenvalue weighted by molar-refractivity contribution is 0.623. The largest absolute Gasteiger partial charge is 0.379 e. The first-order valence-corrected chi connectivity index (χ1v) is 7.20. The van der Waals surface area contributed by atoms with E-state index in [0.29, 0.717) is 6.54 Å². The van der Waals surface area contributed by atoms with Gasteiger partial charge in [-0.15, -0.1) is 0 Å². The first-order chi connectivity index (χ1) is 10.0. The van der Waals surface area contributed by atoms with Gasteiger partial charge in [0.25, 0.3) is 0 Å². The SMILES string of the molecule is CN(C)c1ccc(Br)cc1NCc1ccc(F)c(C#N)c1. The van der Waals surface area contributed by atoms with Crippen LogP contribution in [0, 0.1) is 17.1 Å². The lowest BCUT2D eigenvalue weighted by Crippen LogP contribution is -2.12. The van der Waals surface area contributed by atoms with E-state index in [0.717, 1.165) is 21.4 Å². The monoisotopic (exact) mass is 347 g/mol. The molecule has 3 nitrogen and oxygen atoms in total. The molecule has 0 spiro atoms. The van der Waals surface area contributed by atoms with E-state index >= 15 is 0 Å². The number of rotatable bonds is 4. The summed E-state index contributed by atoms with van der Waals surface area (Å²) in [6, 6.07) is 12.4. The lowest BCUT2D eigenvalue weighted by Gasteiger charge is -2.19. The number of hydrogen-bond acceptors (Lipinski definition) is 3. The molecule has 0 aliphatic carbocycles. The minimum absolute atomic E-state index is 0.0661. The molecule has 0 saturated carbocycles. The number of nitriles is 1. The molecule has 2 rings (SSSR count). The predicted molar refractivity (Wildman–Crippen MR) is 86.9 cm³/mol. The second-order valence-corrected chi connectivity index (χ2v) is 5.75. The number of benzene rings is 2. The van der Waals surface area contributed by atoms with Gasteiger partial charge in [0.05, 0.1) is 16.9 Å². The van der Waals surface area contributed by atoms with Gasteiger partial charge < -0.3 is 10.2 Å². The van der Waals surface area contributed by atoms with Crippen molar-refractivity contribution in [3.8, 4) is 6.07 Å². The van der Waals surface area contributed by atoms with Crippen LogP contribution < -0.4 is 10.2 Å². The Balaban J connectivity index is 2.20. The molecule has 108 valence electrons. The Morgan fingerprint density at radius 3 is 2.67 bits per heavy atom. The Morgan fingerprint density at radius 2 is 2.00 bits per heavy atom. The van der Waals surface area contributed by atoms with Crippen molar-refractivity contribution in [2.45, 2.75) is 6.54 Å². The fourth-order valence-corrected chi connectivity index (χ4v) is 2.37. The van der Waals surface area contributed by atoms with Crippen molar-refractivity contribution in [1.82, 2.24) is 0 Å². The van der Waals surface area contributed by atoms with Crippen LogP contribution >= 0.6 is 15.9 Å². The summed E-state index contributed by atoms with van der Waals surface area (Å²) in [5.74, 6) is -0.488. The molecule has 2 aromatic rings. The molecule has 0 atom stereocenters. The summed E-state index contributed by atoms with van der Waals surface area (Å²) in [6.45, 7) is 0.520. The fraction of sp³-hybridized carbons (Fsp3) is 0.188. The van der Waals surface area contributed by atoms with Crippen LogP contribution in [0.15, 0.2) is 40.9 Å². The third-order valence-corrected chi connectivity index (χ3v) is 3.57. The second kappa shape index (κ2) is 6.59. The van der Waals surface area contributed by atoms with Gasteiger partial charge in [0.15, 0.2) is 0 Å². The number of anilines is 2. The molecular weight excluding hydrogens is 333 g/mol. The van der Waals surface area contributed by atoms with Gasteiger partial charge in [0.2, 0.25) is 0 Å². The molecule has 5 heteroatoms. The van der Waals surface area contributed by atoms with Crippen LogP contribution in [0.1, 0.15) is 11.1 Å². The van der Waals surface area contributed by atoms with Gasteiger partial charge in [-0.3, -0.25) is 0 Å². The van der Waals surface area contributed by atoms with Crippen molar-refractivity contribution in [2.24, 2.45) is 0 Å². The molecule has 0 amide bonds. The van der Waals surface area contributed by atoms with Crippen LogP contribution in [0.2, 0.25) is 0 Å². The van der Waals surface area contributed by atoms with Crippen LogP contribution in [0.5, 0.6) is 0 Å². The zero-order valence-corrected chi connectivity index (χ0v) is 13.4. The highest BCUT2D eigenvalue weighted by Crippen LogP contribution is 2.28. The zero-order valence-electron chi connectivity index (χ0n) is 11.8. The summed E-state index contributed by atoms with van der Waals surface area (Å²) < 4.78 is 14.3. The first kappa shape index (κ1) is 15.3. The molecule has 21 heavy (non-hydrogen) atoms. The van der Waals surface area contributed by atoms with Crippen LogP contribution in [0.25, 0.3) is 0 Å². The highest BCUT2D eigenvalue weighted by molar-refractivity contribution is 9.10. The Bertz CT molecular complexity index is 692. The van der Waals surface area contributed by atoms with Crippen molar-refractivity contribution >= 4 is 27.3 Å². The molecule has 0 aliphatic rings. The Kier molecular flexibility index (Phi) is 4.81. The van der Waals surface area contributed by atoms with Crippen LogP contribution in [0.3, 0.4) is 0 Å². The van der Waals surface area contributed by atoms with E-state index in [2.05, 4.69) is 21.2 Å². The standard InChI is InChI=1S/C16H15BrFN3/c1-21(2)16-6-4-13(17)8-15(16)20-10-11-3-5-14(18)12(7-11)9-19/h3-8,20H,10H2,1-2H3. The van der Waals surface area contributed by atoms with Gasteiger partial charge >= 0.3 is 0 Å². The third kappa shape index (κ3) is 3.73. The molecule has 0 fully saturated rings. The van der Waals surface area contributed by atoms with E-state index in [1.165, 1.54) is 6.07 Å². The highest BCUT2D eigenvalue weighted by atomic mass is 79.9. The van der Waals surface area contributed by atoms with Gasteiger partial charge in [-0.25, -0.2) is 4.39 Å². The number of nitrogens with one attached hydrogen (secondary N) is 1. The van der Waals surface area contributed by atoms with Crippen LogP contribution in [0.4, 0.5) is 15.8 Å². The molecule has 0 bridgehead atoms. The molecule has 0 radical (unpaired) electrons. The fourth-order valence-electron chi connectivity index (χ4n) is 2.01. The third-order valence-electron chi connectivity index (χ3n) is 3.07. The smallest absolute Gasteiger partial charge is 0.140 e. The normalized spacial score (nSPS) is 10.0. The van der Waals surface area contributed by atoms with Gasteiger partial charge in [0.1, 0.15) is 11.9 Å². The Morgan fingerprint density at radius 1 is 1.24 bits per heavy atom. The topological polar surface area (TPSA) is 39.1 Å². The summed E-state index contributed by atoms with van der Waals surface area (Å²) in [7, 11) is 3.94. The Labute approximate surface area is 132 Å². The maximum absolute atomic E-state index is 13.3. The quantitative estimate of drug-likeness (QED) is 0.903. The van der Waals surface area contributed by atoms with E-state index < -0.39 is 5.82 Å². The van der Waals surface area contributed by atoms with E-state index in [1.54, 1.807) is 12.1 Å². The molecule has 0 heterocycles. The summed E-state index contributed by atoms with van der Waals surface area (Å²) in [5, 5.41) is 12.2. The van der Waals surface area contributed by atoms with Gasteiger partial charge in [-0.2, -0.15) is 5.26 Å². The number of halogens is 2. The van der Waals surface area contributed by atoms with Crippen LogP contribution in [-0.4, -0.2) is 14.1 Å². The average Bonchev–Trinajstić information content (AvgIpc) is 2.46. The summed E-state index contributed by atoms with van der Waals surface area (Å²) >= 11 is 3.45. The Hall–Kier alpha value is -2.06. The predicted octanol–water partition coefficient (Wildman–Crippen LogP) is 4.14. The minimum Gasteiger partial charge on any atom is -0.379 e. The van der Waals surface area contributed by atoms with E-state index in [9.17, 15) is 4.39 Å². The minimum atomic E-state index is -0.488. The first-order valence-electron chi connectivity index (χ1n) is 6.40. The van der Waals surface area contributed by atoms with E-state index in [-0.39, 0.29) is 5.56 Å². The van der Waals surface area contributed by atoms with Gasteiger partial charge in [-0.05, 0) is 35.9 Å². The molecular formula is C16H15BrFN3. The van der Waals surface area contributed by atoms with Crippen molar-refractivity contribution in [1.29, 1.82) is 5.26 Å². The van der Waals surface area contributed by atoms with Gasteiger partial charge in [0, 0.05) is 25.1 Å². The average molecular weight is 348 g/mol. The molecule has 2 aromatic carbocycles. The van der Waals surface area contributed by atoms with E-state index in [1.807, 2.05) is 43.3 Å². The zero-order chi connectivity index (χ0) is 15.4. The van der Waals surface area contributed by atoms with Crippen molar-refractivity contribution in [3.05, 3.63) is 57.8 Å². The number of nitrogens with zero attached hydrogens (tertiary/aromatic N) is 2. The number of hydrogen-bond donors (Lipinski definition) is 1. The van der Waals surface area contributed by atoms with Crippen LogP contribution in [-0.2, 0) is 6.54 Å². The van der Waals surface area contributed by atoms with E-state index in [4.69, 9.17) is 5.26 Å². The summed E-state index contributed by atoms with van der Waals surface area (Å²) in [5.41, 5.74) is 2.95. The highest BCUT2D eigenvalue weighted by Gasteiger charge is 2.07. The molecule has 0 aromatic heterocycles. The van der Waals surface area contributed by atoms with Crippen molar-refractivity contribution < 1.29 is 4.39 Å². The maximum atomic E-state index is 13.3.